The highest BCUT2D eigenvalue weighted by molar-refractivity contribution is 6.00. The van der Waals surface area contributed by atoms with Crippen molar-refractivity contribution in [1.82, 2.24) is 15.5 Å². The fourth-order valence-corrected chi connectivity index (χ4v) is 6.35. The molecule has 2 atom stereocenters. The van der Waals surface area contributed by atoms with Gasteiger partial charge in [0.05, 0.1) is 24.8 Å². The van der Waals surface area contributed by atoms with Gasteiger partial charge >= 0.3 is 0 Å². The summed E-state index contributed by atoms with van der Waals surface area (Å²) in [5, 5.41) is 18.2. The van der Waals surface area contributed by atoms with E-state index in [1.165, 1.54) is 18.2 Å². The van der Waals surface area contributed by atoms with Crippen LogP contribution in [0.15, 0.2) is 72.8 Å². The Hall–Kier alpha value is -3.75. The highest BCUT2D eigenvalue weighted by atomic mass is 19.1. The van der Waals surface area contributed by atoms with Crippen LogP contribution in [0.5, 0.6) is 5.75 Å². The van der Waals surface area contributed by atoms with E-state index < -0.39 is 23.9 Å². The van der Waals surface area contributed by atoms with Crippen molar-refractivity contribution in [3.8, 4) is 5.75 Å². The largest absolute Gasteiger partial charge is 0.497 e. The zero-order chi connectivity index (χ0) is 32.2. The molecule has 45 heavy (non-hydrogen) atoms. The highest BCUT2D eigenvalue weighted by Gasteiger charge is 2.35. The molecule has 1 fully saturated rings. The van der Waals surface area contributed by atoms with Crippen LogP contribution in [0.25, 0.3) is 0 Å². The minimum Gasteiger partial charge on any atom is -0.497 e. The third kappa shape index (κ3) is 8.92. The second kappa shape index (κ2) is 16.5. The molecular weight excluding hydrogens is 569 g/mol. The predicted octanol–water partition coefficient (Wildman–Crippen LogP) is 6.25. The lowest BCUT2D eigenvalue weighted by atomic mass is 9.76. The van der Waals surface area contributed by atoms with Gasteiger partial charge in [0.1, 0.15) is 11.6 Å². The van der Waals surface area contributed by atoms with Gasteiger partial charge < -0.3 is 25.4 Å². The summed E-state index contributed by atoms with van der Waals surface area (Å²) in [4.78, 5) is 28.6. The molecule has 3 aromatic carbocycles. The average Bonchev–Trinajstić information content (AvgIpc) is 3.07. The van der Waals surface area contributed by atoms with Gasteiger partial charge in [-0.05, 0) is 73.6 Å². The number of halogens is 1. The normalized spacial score (nSPS) is 15.6. The molecule has 0 saturated heterocycles. The Kier molecular flexibility index (Phi) is 12.5. The van der Waals surface area contributed by atoms with Gasteiger partial charge in [-0.1, -0.05) is 75.6 Å². The molecule has 0 heterocycles. The summed E-state index contributed by atoms with van der Waals surface area (Å²) in [7, 11) is 1.65. The molecule has 3 N–H and O–H groups in total. The number of aliphatic hydroxyl groups is 1. The Morgan fingerprint density at radius 2 is 1.67 bits per heavy atom. The van der Waals surface area contributed by atoms with E-state index in [4.69, 9.17) is 4.74 Å². The minimum absolute atomic E-state index is 0.216. The van der Waals surface area contributed by atoms with E-state index in [9.17, 15) is 14.7 Å². The van der Waals surface area contributed by atoms with Crippen molar-refractivity contribution in [2.75, 3.05) is 26.7 Å². The third-order valence-corrected chi connectivity index (χ3v) is 8.79. The summed E-state index contributed by atoms with van der Waals surface area (Å²) in [6, 6.07) is 20.9. The lowest BCUT2D eigenvalue weighted by Crippen LogP contribution is -2.53. The fourth-order valence-electron chi connectivity index (χ4n) is 6.35. The van der Waals surface area contributed by atoms with E-state index in [-0.39, 0.29) is 29.1 Å². The van der Waals surface area contributed by atoms with Crippen LogP contribution in [0.1, 0.15) is 90.6 Å². The molecule has 0 radical (unpaired) electrons. The highest BCUT2D eigenvalue weighted by Crippen LogP contribution is 2.38. The van der Waals surface area contributed by atoms with Gasteiger partial charge in [-0.3, -0.25) is 9.59 Å². The quantitative estimate of drug-likeness (QED) is 0.188. The topological polar surface area (TPSA) is 90.9 Å². The molecule has 0 bridgehead atoms. The number of nitrogens with zero attached hydrogens (tertiary/aromatic N) is 1. The molecule has 0 aromatic heterocycles. The maximum Gasteiger partial charge on any atom is 0.254 e. The maximum absolute atomic E-state index is 15.1. The monoisotopic (exact) mass is 617 g/mol. The van der Waals surface area contributed by atoms with Crippen LogP contribution < -0.4 is 15.4 Å². The molecular formula is C37H48FN3O4. The molecule has 2 amide bonds. The molecule has 242 valence electrons. The van der Waals surface area contributed by atoms with E-state index in [1.54, 1.807) is 12.0 Å². The molecule has 1 aliphatic carbocycles. The predicted molar refractivity (Wildman–Crippen MR) is 176 cm³/mol. The Morgan fingerprint density at radius 3 is 2.33 bits per heavy atom. The van der Waals surface area contributed by atoms with Gasteiger partial charge in [0, 0.05) is 30.7 Å². The van der Waals surface area contributed by atoms with E-state index in [0.29, 0.717) is 19.5 Å². The van der Waals surface area contributed by atoms with Crippen LogP contribution in [0.4, 0.5) is 4.39 Å². The molecule has 0 unspecified atom stereocenters. The smallest absolute Gasteiger partial charge is 0.254 e. The molecule has 3 aromatic rings. The average molecular weight is 618 g/mol. The van der Waals surface area contributed by atoms with Crippen LogP contribution in [0, 0.1) is 5.82 Å². The van der Waals surface area contributed by atoms with Gasteiger partial charge in [0.25, 0.3) is 11.8 Å². The number of hydrogen-bond donors (Lipinski definition) is 3. The number of rotatable bonds is 15. The first-order chi connectivity index (χ1) is 21.8. The van der Waals surface area contributed by atoms with Crippen molar-refractivity contribution in [2.24, 2.45) is 0 Å². The molecule has 0 spiro atoms. The van der Waals surface area contributed by atoms with E-state index in [1.807, 2.05) is 62.4 Å². The first kappa shape index (κ1) is 34.1. The number of ether oxygens (including phenoxy) is 1. The van der Waals surface area contributed by atoms with Gasteiger partial charge in [-0.15, -0.1) is 0 Å². The molecule has 4 rings (SSSR count). The van der Waals surface area contributed by atoms with Gasteiger partial charge in [0.2, 0.25) is 0 Å². The van der Waals surface area contributed by atoms with Crippen molar-refractivity contribution in [2.45, 2.75) is 82.9 Å². The Balaban J connectivity index is 1.56. The minimum atomic E-state index is -0.976. The van der Waals surface area contributed by atoms with Crippen molar-refractivity contribution in [3.63, 3.8) is 0 Å². The molecule has 1 saturated carbocycles. The van der Waals surface area contributed by atoms with Crippen LogP contribution in [-0.2, 0) is 12.0 Å². The second-order valence-electron chi connectivity index (χ2n) is 12.1. The van der Waals surface area contributed by atoms with Crippen molar-refractivity contribution < 1.29 is 23.8 Å². The standard InChI is InChI=1S/C37H48FN3O4/c1-4-21-41(22-5-2)36(44)28-17-18-32(38)31(24-28)35(43)40-33(23-27-13-8-6-9-14-27)34(42)26-39-37(19-10-7-11-20-37)29-15-12-16-30(25-29)45-3/h6,8-9,12-18,24-25,33-34,39,42H,4-5,7,10-11,19-23,26H2,1-3H3,(H,40,43)/t33-,34+/m0/s1. The lowest BCUT2D eigenvalue weighted by Gasteiger charge is -2.40. The first-order valence-electron chi connectivity index (χ1n) is 16.3. The van der Waals surface area contributed by atoms with Crippen LogP contribution in [0.2, 0.25) is 0 Å². The number of carbonyl (C=O) groups is 2. The number of methoxy groups -OCH3 is 1. The Labute approximate surface area is 267 Å². The summed E-state index contributed by atoms with van der Waals surface area (Å²) in [6.07, 6.45) is 6.09. The number of carbonyl (C=O) groups excluding carboxylic acids is 2. The zero-order valence-electron chi connectivity index (χ0n) is 26.9. The third-order valence-electron chi connectivity index (χ3n) is 8.79. The first-order valence-corrected chi connectivity index (χ1v) is 16.3. The van der Waals surface area contributed by atoms with E-state index in [2.05, 4.69) is 16.7 Å². The Morgan fingerprint density at radius 1 is 0.956 bits per heavy atom. The van der Waals surface area contributed by atoms with Gasteiger partial charge in [0.15, 0.2) is 0 Å². The SMILES string of the molecule is CCCN(CCC)C(=O)c1ccc(F)c(C(=O)N[C@@H](Cc2ccccc2)[C@H](O)CNC2(c3cccc(OC)c3)CCCCC2)c1. The lowest BCUT2D eigenvalue weighted by molar-refractivity contribution is 0.0755. The number of aliphatic hydroxyl groups excluding tert-OH is 1. The van der Waals surface area contributed by atoms with Crippen molar-refractivity contribution in [1.29, 1.82) is 0 Å². The van der Waals surface area contributed by atoms with Crippen LogP contribution in [-0.4, -0.2) is 60.7 Å². The Bertz CT molecular complexity index is 1390. The maximum atomic E-state index is 15.1. The van der Waals surface area contributed by atoms with Crippen LogP contribution in [0.3, 0.4) is 0 Å². The van der Waals surface area contributed by atoms with Gasteiger partial charge in [-0.2, -0.15) is 0 Å². The zero-order valence-corrected chi connectivity index (χ0v) is 26.9. The molecule has 0 aliphatic heterocycles. The molecule has 8 heteroatoms. The van der Waals surface area contributed by atoms with Crippen LogP contribution >= 0.6 is 0 Å². The summed E-state index contributed by atoms with van der Waals surface area (Å²) in [5.41, 5.74) is 1.76. The number of nitrogens with one attached hydrogen (secondary N) is 2. The van der Waals surface area contributed by atoms with E-state index in [0.717, 1.165) is 61.8 Å². The van der Waals surface area contributed by atoms with Gasteiger partial charge in [-0.25, -0.2) is 4.39 Å². The number of hydrogen-bond acceptors (Lipinski definition) is 5. The fraction of sp³-hybridized carbons (Fsp3) is 0.459. The van der Waals surface area contributed by atoms with E-state index >= 15 is 4.39 Å². The molecule has 7 nitrogen and oxygen atoms in total. The number of benzene rings is 3. The summed E-state index contributed by atoms with van der Waals surface area (Å²) in [6.45, 7) is 5.39. The second-order valence-corrected chi connectivity index (χ2v) is 12.1. The summed E-state index contributed by atoms with van der Waals surface area (Å²) < 4.78 is 20.6. The summed E-state index contributed by atoms with van der Waals surface area (Å²) in [5.74, 6) is -0.830. The summed E-state index contributed by atoms with van der Waals surface area (Å²) >= 11 is 0. The number of amides is 2. The molecule has 1 aliphatic rings. The van der Waals surface area contributed by atoms with Crippen molar-refractivity contribution >= 4 is 11.8 Å². The van der Waals surface area contributed by atoms with Crippen molar-refractivity contribution in [3.05, 3.63) is 101 Å².